The second-order valence-corrected chi connectivity index (χ2v) is 3.18. The monoisotopic (exact) mass is 197 g/mol. The highest BCUT2D eigenvalue weighted by atomic mass is 16.5. The molecule has 0 saturated carbocycles. The van der Waals surface area contributed by atoms with Gasteiger partial charge in [0.05, 0.1) is 0 Å². The van der Waals surface area contributed by atoms with Gasteiger partial charge in [-0.25, -0.2) is 4.98 Å². The molecule has 1 aromatic rings. The van der Waals surface area contributed by atoms with Gasteiger partial charge in [-0.3, -0.25) is 0 Å². The van der Waals surface area contributed by atoms with Gasteiger partial charge in [0.15, 0.2) is 5.95 Å². The number of imidazole rings is 1. The normalized spacial score (nSPS) is 10.4. The van der Waals surface area contributed by atoms with Crippen LogP contribution >= 0.6 is 0 Å². The number of anilines is 1. The third-order valence-electron chi connectivity index (χ3n) is 1.90. The number of nitrogens with zero attached hydrogens (tertiary/aromatic N) is 1. The van der Waals surface area contributed by atoms with Crippen molar-refractivity contribution in [3.05, 3.63) is 12.4 Å². The second kappa shape index (κ2) is 7.38. The van der Waals surface area contributed by atoms with Gasteiger partial charge >= 0.3 is 0 Å². The van der Waals surface area contributed by atoms with Crippen molar-refractivity contribution in [2.24, 2.45) is 0 Å². The van der Waals surface area contributed by atoms with E-state index in [1.54, 1.807) is 12.4 Å². The Labute approximate surface area is 85.1 Å². The fourth-order valence-corrected chi connectivity index (χ4v) is 1.09. The van der Waals surface area contributed by atoms with Crippen molar-refractivity contribution in [3.63, 3.8) is 0 Å². The maximum atomic E-state index is 5.42. The molecule has 14 heavy (non-hydrogen) atoms. The van der Waals surface area contributed by atoms with Crippen LogP contribution in [0.3, 0.4) is 0 Å². The number of hydrogen-bond acceptors (Lipinski definition) is 3. The van der Waals surface area contributed by atoms with Gasteiger partial charge in [0, 0.05) is 32.2 Å². The largest absolute Gasteiger partial charge is 0.381 e. The first-order chi connectivity index (χ1) is 6.93. The Morgan fingerprint density at radius 2 is 2.29 bits per heavy atom. The minimum atomic E-state index is 0.827. The summed E-state index contributed by atoms with van der Waals surface area (Å²) in [6, 6.07) is 0. The maximum Gasteiger partial charge on any atom is 0.200 e. The molecule has 0 spiro atoms. The van der Waals surface area contributed by atoms with E-state index in [4.69, 9.17) is 4.74 Å². The Morgan fingerprint density at radius 3 is 3.00 bits per heavy atom. The van der Waals surface area contributed by atoms with E-state index in [9.17, 15) is 0 Å². The Morgan fingerprint density at radius 1 is 1.43 bits per heavy atom. The lowest BCUT2D eigenvalue weighted by molar-refractivity contribution is 0.131. The first-order valence-corrected chi connectivity index (χ1v) is 5.24. The summed E-state index contributed by atoms with van der Waals surface area (Å²) >= 11 is 0. The van der Waals surface area contributed by atoms with E-state index in [0.717, 1.165) is 38.5 Å². The molecule has 0 radical (unpaired) electrons. The molecule has 2 N–H and O–H groups in total. The molecule has 0 aliphatic carbocycles. The van der Waals surface area contributed by atoms with Crippen LogP contribution in [0.1, 0.15) is 26.2 Å². The molecular weight excluding hydrogens is 178 g/mol. The van der Waals surface area contributed by atoms with Gasteiger partial charge < -0.3 is 15.0 Å². The van der Waals surface area contributed by atoms with E-state index in [1.807, 2.05) is 0 Å². The molecule has 0 aliphatic heterocycles. The summed E-state index contributed by atoms with van der Waals surface area (Å²) in [5, 5.41) is 3.17. The Kier molecular flexibility index (Phi) is 5.82. The van der Waals surface area contributed by atoms with E-state index < -0.39 is 0 Å². The molecule has 4 heteroatoms. The molecule has 1 heterocycles. The minimum absolute atomic E-state index is 0.827. The van der Waals surface area contributed by atoms with Crippen LogP contribution < -0.4 is 5.32 Å². The predicted octanol–water partition coefficient (Wildman–Crippen LogP) is 2.03. The second-order valence-electron chi connectivity index (χ2n) is 3.18. The van der Waals surface area contributed by atoms with Crippen molar-refractivity contribution in [2.75, 3.05) is 25.1 Å². The minimum Gasteiger partial charge on any atom is -0.381 e. The summed E-state index contributed by atoms with van der Waals surface area (Å²) in [7, 11) is 0. The smallest absolute Gasteiger partial charge is 0.200 e. The van der Waals surface area contributed by atoms with Gasteiger partial charge in [-0.05, 0) is 12.8 Å². The van der Waals surface area contributed by atoms with Crippen molar-refractivity contribution < 1.29 is 4.74 Å². The van der Waals surface area contributed by atoms with Crippen LogP contribution in [0.5, 0.6) is 0 Å². The quantitative estimate of drug-likeness (QED) is 0.627. The molecule has 0 saturated heterocycles. The third-order valence-corrected chi connectivity index (χ3v) is 1.90. The molecule has 4 nitrogen and oxygen atoms in total. The summed E-state index contributed by atoms with van der Waals surface area (Å²) in [4.78, 5) is 7.04. The average molecular weight is 197 g/mol. The molecule has 0 fully saturated rings. The number of aromatic amines is 1. The van der Waals surface area contributed by atoms with Crippen LogP contribution in [0.15, 0.2) is 12.4 Å². The first kappa shape index (κ1) is 11.0. The van der Waals surface area contributed by atoms with Crippen molar-refractivity contribution in [2.45, 2.75) is 26.2 Å². The number of rotatable bonds is 8. The molecule has 0 aliphatic rings. The number of nitrogens with one attached hydrogen (secondary N) is 2. The maximum absolute atomic E-state index is 5.42. The molecule has 0 bridgehead atoms. The van der Waals surface area contributed by atoms with Crippen molar-refractivity contribution in [1.29, 1.82) is 0 Å². The van der Waals surface area contributed by atoms with Gasteiger partial charge in [0.2, 0.25) is 0 Å². The van der Waals surface area contributed by atoms with Gasteiger partial charge in [0.1, 0.15) is 0 Å². The van der Waals surface area contributed by atoms with Crippen LogP contribution in [0.2, 0.25) is 0 Å². The summed E-state index contributed by atoms with van der Waals surface area (Å²) in [6.07, 6.45) is 6.92. The molecule has 0 atom stereocenters. The highest BCUT2D eigenvalue weighted by molar-refractivity contribution is 5.22. The zero-order valence-corrected chi connectivity index (χ0v) is 8.75. The van der Waals surface area contributed by atoms with E-state index >= 15 is 0 Å². The number of ether oxygens (including phenoxy) is 1. The Hall–Kier alpha value is -1.03. The molecule has 80 valence electrons. The van der Waals surface area contributed by atoms with E-state index in [0.29, 0.717) is 0 Å². The van der Waals surface area contributed by atoms with Crippen LogP contribution in [-0.4, -0.2) is 29.7 Å². The number of aromatic nitrogens is 2. The van der Waals surface area contributed by atoms with E-state index in [1.165, 1.54) is 6.42 Å². The fourth-order valence-electron chi connectivity index (χ4n) is 1.09. The molecular formula is C10H19N3O. The molecule has 0 aromatic carbocycles. The standard InChI is InChI=1S/C10H19N3O/c1-2-3-8-14-9-4-5-11-10-12-6-7-13-10/h6-7H,2-5,8-9H2,1H3,(H2,11,12,13). The lowest BCUT2D eigenvalue weighted by Crippen LogP contribution is -2.07. The van der Waals surface area contributed by atoms with Crippen LogP contribution in [-0.2, 0) is 4.74 Å². The van der Waals surface area contributed by atoms with Crippen LogP contribution in [0.25, 0.3) is 0 Å². The first-order valence-electron chi connectivity index (χ1n) is 5.24. The van der Waals surface area contributed by atoms with Gasteiger partial charge in [-0.1, -0.05) is 13.3 Å². The average Bonchev–Trinajstić information content (AvgIpc) is 2.69. The van der Waals surface area contributed by atoms with Crippen molar-refractivity contribution >= 4 is 5.95 Å². The summed E-state index contributed by atoms with van der Waals surface area (Å²) < 4.78 is 5.42. The topological polar surface area (TPSA) is 49.9 Å². The molecule has 1 rings (SSSR count). The number of unbranched alkanes of at least 4 members (excludes halogenated alkanes) is 1. The predicted molar refractivity (Wildman–Crippen MR) is 57.4 cm³/mol. The zero-order chi connectivity index (χ0) is 10.1. The Balaban J connectivity index is 1.85. The summed E-state index contributed by atoms with van der Waals surface area (Å²) in [5.74, 6) is 0.832. The number of hydrogen-bond donors (Lipinski definition) is 2. The fraction of sp³-hybridized carbons (Fsp3) is 0.700. The lowest BCUT2D eigenvalue weighted by atomic mass is 10.4. The van der Waals surface area contributed by atoms with Crippen LogP contribution in [0.4, 0.5) is 5.95 Å². The highest BCUT2D eigenvalue weighted by Crippen LogP contribution is 1.95. The highest BCUT2D eigenvalue weighted by Gasteiger charge is 1.92. The Bertz CT molecular complexity index is 211. The van der Waals surface area contributed by atoms with Crippen molar-refractivity contribution in [1.82, 2.24) is 9.97 Å². The van der Waals surface area contributed by atoms with Gasteiger partial charge in [-0.2, -0.15) is 0 Å². The summed E-state index contributed by atoms with van der Waals surface area (Å²) in [6.45, 7) is 4.78. The molecule has 0 amide bonds. The number of H-pyrrole nitrogens is 1. The van der Waals surface area contributed by atoms with Crippen molar-refractivity contribution in [3.8, 4) is 0 Å². The SMILES string of the molecule is CCCCOCCCNc1ncc[nH]1. The molecule has 1 aromatic heterocycles. The van der Waals surface area contributed by atoms with Crippen LogP contribution in [0, 0.1) is 0 Å². The molecule has 0 unspecified atom stereocenters. The van der Waals surface area contributed by atoms with E-state index in [2.05, 4.69) is 22.2 Å². The van der Waals surface area contributed by atoms with Gasteiger partial charge in [-0.15, -0.1) is 0 Å². The van der Waals surface area contributed by atoms with Gasteiger partial charge in [0.25, 0.3) is 0 Å². The zero-order valence-electron chi connectivity index (χ0n) is 8.75. The summed E-state index contributed by atoms with van der Waals surface area (Å²) in [5.41, 5.74) is 0. The van der Waals surface area contributed by atoms with E-state index in [-0.39, 0.29) is 0 Å². The lowest BCUT2D eigenvalue weighted by Gasteiger charge is -2.04. The third kappa shape index (κ3) is 4.87.